The lowest BCUT2D eigenvalue weighted by Crippen LogP contribution is -2.41. The molecule has 3 nitrogen and oxygen atoms in total. The monoisotopic (exact) mass is 236 g/mol. The van der Waals surface area contributed by atoms with Crippen LogP contribution in [0, 0.1) is 11.9 Å². The quantitative estimate of drug-likeness (QED) is 0.802. The molecule has 1 saturated carbocycles. The van der Waals surface area contributed by atoms with E-state index >= 15 is 0 Å². The zero-order valence-corrected chi connectivity index (χ0v) is 9.95. The Kier molecular flexibility index (Phi) is 3.71. The summed E-state index contributed by atoms with van der Waals surface area (Å²) in [6.07, 6.45) is 5.86. The highest BCUT2D eigenvalue weighted by Gasteiger charge is 2.23. The summed E-state index contributed by atoms with van der Waals surface area (Å²) in [5.74, 6) is -0.321. The molecule has 0 spiro atoms. The van der Waals surface area contributed by atoms with Crippen LogP contribution >= 0.6 is 0 Å². The van der Waals surface area contributed by atoms with E-state index < -0.39 is 5.95 Å². The van der Waals surface area contributed by atoms with E-state index in [4.69, 9.17) is 0 Å². The van der Waals surface area contributed by atoms with Gasteiger partial charge in [-0.3, -0.25) is 4.79 Å². The van der Waals surface area contributed by atoms with Crippen LogP contribution in [0.2, 0.25) is 0 Å². The van der Waals surface area contributed by atoms with Crippen LogP contribution < -0.4 is 5.32 Å². The summed E-state index contributed by atoms with van der Waals surface area (Å²) in [4.78, 5) is 15.3. The van der Waals surface area contributed by atoms with Crippen LogP contribution in [0.15, 0.2) is 18.3 Å². The number of amides is 1. The topological polar surface area (TPSA) is 42.0 Å². The van der Waals surface area contributed by atoms with E-state index in [0.29, 0.717) is 11.5 Å². The zero-order valence-electron chi connectivity index (χ0n) is 9.95. The van der Waals surface area contributed by atoms with Gasteiger partial charge in [0.05, 0.1) is 0 Å². The van der Waals surface area contributed by atoms with E-state index in [9.17, 15) is 9.18 Å². The second-order valence-corrected chi connectivity index (χ2v) is 4.71. The lowest BCUT2D eigenvalue weighted by Gasteiger charge is -2.29. The fraction of sp³-hybridized carbons (Fsp3) is 0.538. The van der Waals surface area contributed by atoms with Crippen molar-refractivity contribution in [3.8, 4) is 0 Å². The molecule has 0 saturated heterocycles. The first-order valence-electron chi connectivity index (χ1n) is 6.09. The van der Waals surface area contributed by atoms with E-state index in [1.165, 1.54) is 24.8 Å². The van der Waals surface area contributed by atoms with Crippen LogP contribution in [0.1, 0.15) is 43.0 Å². The molecule has 92 valence electrons. The number of carbonyl (C=O) groups is 1. The Hall–Kier alpha value is -1.45. The number of nitrogens with zero attached hydrogens (tertiary/aromatic N) is 1. The largest absolute Gasteiger partial charge is 0.349 e. The van der Waals surface area contributed by atoms with Gasteiger partial charge in [-0.1, -0.05) is 19.8 Å². The van der Waals surface area contributed by atoms with Gasteiger partial charge < -0.3 is 5.32 Å². The van der Waals surface area contributed by atoms with Gasteiger partial charge in [0, 0.05) is 23.9 Å². The van der Waals surface area contributed by atoms with Crippen molar-refractivity contribution in [1.82, 2.24) is 10.3 Å². The van der Waals surface area contributed by atoms with Gasteiger partial charge in [-0.15, -0.1) is 0 Å². The average Bonchev–Trinajstić information content (AvgIpc) is 2.32. The SMILES string of the molecule is C[C@@H]1CCCC[C@@H]1NC(=O)c1ccnc(F)c1. The fourth-order valence-electron chi connectivity index (χ4n) is 2.33. The van der Waals surface area contributed by atoms with Gasteiger partial charge in [0.1, 0.15) is 0 Å². The molecule has 1 aromatic heterocycles. The molecule has 17 heavy (non-hydrogen) atoms. The third-order valence-electron chi connectivity index (χ3n) is 3.42. The summed E-state index contributed by atoms with van der Waals surface area (Å²) in [5.41, 5.74) is 0.343. The summed E-state index contributed by atoms with van der Waals surface area (Å²) in [7, 11) is 0. The van der Waals surface area contributed by atoms with Crippen molar-refractivity contribution in [3.05, 3.63) is 29.8 Å². The predicted molar refractivity (Wildman–Crippen MR) is 63.1 cm³/mol. The predicted octanol–water partition coefficient (Wildman–Crippen LogP) is 2.53. The molecule has 4 heteroatoms. The van der Waals surface area contributed by atoms with Gasteiger partial charge >= 0.3 is 0 Å². The van der Waals surface area contributed by atoms with Crippen LogP contribution in [-0.2, 0) is 0 Å². The Morgan fingerprint density at radius 2 is 2.24 bits per heavy atom. The molecule has 1 N–H and O–H groups in total. The highest BCUT2D eigenvalue weighted by atomic mass is 19.1. The van der Waals surface area contributed by atoms with Gasteiger partial charge in [-0.25, -0.2) is 4.98 Å². The van der Waals surface area contributed by atoms with Crippen molar-refractivity contribution < 1.29 is 9.18 Å². The first kappa shape index (κ1) is 12.0. The highest BCUT2D eigenvalue weighted by molar-refractivity contribution is 5.94. The highest BCUT2D eigenvalue weighted by Crippen LogP contribution is 2.23. The summed E-state index contributed by atoms with van der Waals surface area (Å²) >= 11 is 0. The minimum absolute atomic E-state index is 0.204. The average molecular weight is 236 g/mol. The summed E-state index contributed by atoms with van der Waals surface area (Å²) in [5, 5.41) is 2.98. The molecule has 1 aliphatic carbocycles. The number of nitrogens with one attached hydrogen (secondary N) is 1. The third kappa shape index (κ3) is 3.02. The van der Waals surface area contributed by atoms with Crippen LogP contribution in [-0.4, -0.2) is 16.9 Å². The minimum atomic E-state index is -0.616. The van der Waals surface area contributed by atoms with Crippen molar-refractivity contribution >= 4 is 5.91 Å². The summed E-state index contributed by atoms with van der Waals surface area (Å²) in [6, 6.07) is 2.92. The minimum Gasteiger partial charge on any atom is -0.349 e. The fourth-order valence-corrected chi connectivity index (χ4v) is 2.33. The first-order chi connectivity index (χ1) is 8.16. The molecule has 0 radical (unpaired) electrons. The van der Waals surface area contributed by atoms with Gasteiger partial charge in [-0.2, -0.15) is 4.39 Å². The van der Waals surface area contributed by atoms with E-state index in [1.54, 1.807) is 0 Å². The molecule has 1 aliphatic rings. The summed E-state index contributed by atoms with van der Waals surface area (Å²) < 4.78 is 12.9. The van der Waals surface area contributed by atoms with Crippen molar-refractivity contribution in [2.75, 3.05) is 0 Å². The number of rotatable bonds is 2. The van der Waals surface area contributed by atoms with Crippen LogP contribution in [0.4, 0.5) is 4.39 Å². The van der Waals surface area contributed by atoms with Crippen LogP contribution in [0.5, 0.6) is 0 Å². The molecule has 0 unspecified atom stereocenters. The van der Waals surface area contributed by atoms with E-state index in [2.05, 4.69) is 17.2 Å². The molecular weight excluding hydrogens is 219 g/mol. The number of aromatic nitrogens is 1. The van der Waals surface area contributed by atoms with Gasteiger partial charge in [0.15, 0.2) is 0 Å². The number of hydrogen-bond acceptors (Lipinski definition) is 2. The normalized spacial score (nSPS) is 24.4. The van der Waals surface area contributed by atoms with Crippen molar-refractivity contribution in [3.63, 3.8) is 0 Å². The second-order valence-electron chi connectivity index (χ2n) is 4.71. The number of halogens is 1. The van der Waals surface area contributed by atoms with Gasteiger partial charge in [0.25, 0.3) is 5.91 Å². The number of hydrogen-bond donors (Lipinski definition) is 1. The van der Waals surface area contributed by atoms with Crippen molar-refractivity contribution in [2.45, 2.75) is 38.6 Å². The molecule has 0 aliphatic heterocycles. The molecule has 2 rings (SSSR count). The molecular formula is C13H17FN2O. The molecule has 1 heterocycles. The summed E-state index contributed by atoms with van der Waals surface area (Å²) in [6.45, 7) is 2.15. The van der Waals surface area contributed by atoms with Gasteiger partial charge in [-0.05, 0) is 24.8 Å². The lowest BCUT2D eigenvalue weighted by atomic mass is 9.86. The Labute approximate surface area is 100 Å². The number of pyridine rings is 1. The number of carbonyl (C=O) groups excluding carboxylic acids is 1. The molecule has 1 aromatic rings. The maximum absolute atomic E-state index is 12.9. The van der Waals surface area contributed by atoms with Crippen molar-refractivity contribution in [1.29, 1.82) is 0 Å². The maximum Gasteiger partial charge on any atom is 0.251 e. The van der Waals surface area contributed by atoms with E-state index in [-0.39, 0.29) is 11.9 Å². The second kappa shape index (κ2) is 5.25. The molecule has 1 amide bonds. The Bertz CT molecular complexity index is 408. The van der Waals surface area contributed by atoms with E-state index in [1.807, 2.05) is 0 Å². The molecule has 0 bridgehead atoms. The van der Waals surface area contributed by atoms with E-state index in [0.717, 1.165) is 19.3 Å². The molecule has 0 aromatic carbocycles. The Morgan fingerprint density at radius 3 is 2.94 bits per heavy atom. The smallest absolute Gasteiger partial charge is 0.251 e. The Balaban J connectivity index is 2.01. The van der Waals surface area contributed by atoms with Crippen molar-refractivity contribution in [2.24, 2.45) is 5.92 Å². The maximum atomic E-state index is 12.9. The Morgan fingerprint density at radius 1 is 1.47 bits per heavy atom. The third-order valence-corrected chi connectivity index (χ3v) is 3.42. The van der Waals surface area contributed by atoms with Crippen LogP contribution in [0.3, 0.4) is 0 Å². The van der Waals surface area contributed by atoms with Gasteiger partial charge in [0.2, 0.25) is 5.95 Å². The molecule has 2 atom stereocenters. The first-order valence-corrected chi connectivity index (χ1v) is 6.09. The lowest BCUT2D eigenvalue weighted by molar-refractivity contribution is 0.0909. The zero-order chi connectivity index (χ0) is 12.3. The standard InChI is InChI=1S/C13H17FN2O/c1-9-4-2-3-5-11(9)16-13(17)10-6-7-15-12(14)8-10/h6-9,11H,2-5H2,1H3,(H,16,17)/t9-,11+/m1/s1. The van der Waals surface area contributed by atoms with Crippen LogP contribution in [0.25, 0.3) is 0 Å². The molecule has 1 fully saturated rings.